The second-order valence-electron chi connectivity index (χ2n) is 6.96. The standard InChI is InChI=1S/C21H16BrFN2O2S2/c1-27-17(26)8-11-6-7-25-15-10-12(23)9-13(22)18(15)20(19(11)25)29-21-24-14-4-2-3-5-16(14)28-21/h2-5,9-11H,6-8H2,1H3. The third kappa shape index (κ3) is 3.27. The van der Waals surface area contributed by atoms with Crippen LogP contribution in [0.4, 0.5) is 4.39 Å². The Morgan fingerprint density at radius 2 is 2.24 bits per heavy atom. The molecule has 1 aliphatic rings. The minimum Gasteiger partial charge on any atom is -0.469 e. The van der Waals surface area contributed by atoms with Gasteiger partial charge in [0.1, 0.15) is 5.82 Å². The van der Waals surface area contributed by atoms with Crippen molar-refractivity contribution in [3.05, 3.63) is 52.4 Å². The molecule has 4 nitrogen and oxygen atoms in total. The van der Waals surface area contributed by atoms with E-state index in [0.29, 0.717) is 6.42 Å². The molecule has 29 heavy (non-hydrogen) atoms. The number of hydrogen-bond acceptors (Lipinski definition) is 5. The summed E-state index contributed by atoms with van der Waals surface area (Å²) >= 11 is 6.79. The number of aromatic nitrogens is 2. The first-order chi connectivity index (χ1) is 14.0. The lowest BCUT2D eigenvalue weighted by Crippen LogP contribution is -2.07. The fourth-order valence-electron chi connectivity index (χ4n) is 4.02. The van der Waals surface area contributed by atoms with E-state index in [0.717, 1.165) is 53.5 Å². The molecule has 0 spiro atoms. The van der Waals surface area contributed by atoms with Crippen LogP contribution in [0.15, 0.2) is 50.1 Å². The minimum absolute atomic E-state index is 0.0432. The van der Waals surface area contributed by atoms with E-state index < -0.39 is 0 Å². The van der Waals surface area contributed by atoms with Crippen molar-refractivity contribution in [1.29, 1.82) is 0 Å². The number of thiazole rings is 1. The van der Waals surface area contributed by atoms with Crippen LogP contribution in [0.3, 0.4) is 0 Å². The summed E-state index contributed by atoms with van der Waals surface area (Å²) in [5, 5.41) is 0.972. The molecule has 2 aromatic heterocycles. The summed E-state index contributed by atoms with van der Waals surface area (Å²) < 4.78 is 24.0. The van der Waals surface area contributed by atoms with E-state index in [1.807, 2.05) is 18.2 Å². The van der Waals surface area contributed by atoms with Crippen molar-refractivity contribution in [1.82, 2.24) is 9.55 Å². The van der Waals surface area contributed by atoms with E-state index in [9.17, 15) is 9.18 Å². The van der Waals surface area contributed by atoms with E-state index in [1.165, 1.54) is 13.2 Å². The van der Waals surface area contributed by atoms with Gasteiger partial charge in [-0.25, -0.2) is 9.37 Å². The average Bonchev–Trinajstić information content (AvgIpc) is 3.36. The first kappa shape index (κ1) is 19.1. The molecule has 0 saturated heterocycles. The van der Waals surface area contributed by atoms with Gasteiger partial charge in [-0.3, -0.25) is 4.79 Å². The van der Waals surface area contributed by atoms with Crippen molar-refractivity contribution in [2.75, 3.05) is 7.11 Å². The predicted octanol–water partition coefficient (Wildman–Crippen LogP) is 6.35. The molecule has 0 aliphatic carbocycles. The SMILES string of the molecule is COC(=O)CC1CCn2c1c(Sc1nc3ccccc3s1)c1c(Br)cc(F)cc12. The monoisotopic (exact) mass is 490 g/mol. The number of para-hydroxylation sites is 1. The fraction of sp³-hybridized carbons (Fsp3) is 0.238. The fourth-order valence-corrected chi connectivity index (χ4v) is 7.17. The molecule has 0 N–H and O–H groups in total. The van der Waals surface area contributed by atoms with Crippen molar-refractivity contribution in [2.24, 2.45) is 0 Å². The van der Waals surface area contributed by atoms with Crippen LogP contribution in [0.5, 0.6) is 0 Å². The quantitative estimate of drug-likeness (QED) is 0.312. The summed E-state index contributed by atoms with van der Waals surface area (Å²) in [6.45, 7) is 0.754. The van der Waals surface area contributed by atoms with Crippen LogP contribution in [-0.4, -0.2) is 22.6 Å². The molecule has 1 aliphatic heterocycles. The van der Waals surface area contributed by atoms with Gasteiger partial charge < -0.3 is 9.30 Å². The highest BCUT2D eigenvalue weighted by molar-refractivity contribution is 9.10. The number of esters is 1. The average molecular weight is 491 g/mol. The normalized spacial score (nSPS) is 15.9. The van der Waals surface area contributed by atoms with Crippen LogP contribution >= 0.6 is 39.0 Å². The summed E-state index contributed by atoms with van der Waals surface area (Å²) in [7, 11) is 1.41. The maximum Gasteiger partial charge on any atom is 0.306 e. The van der Waals surface area contributed by atoms with Gasteiger partial charge in [-0.2, -0.15) is 0 Å². The van der Waals surface area contributed by atoms with E-state index >= 15 is 0 Å². The number of halogens is 2. The topological polar surface area (TPSA) is 44.1 Å². The molecular weight excluding hydrogens is 475 g/mol. The molecule has 0 bridgehead atoms. The van der Waals surface area contributed by atoms with Crippen molar-refractivity contribution < 1.29 is 13.9 Å². The van der Waals surface area contributed by atoms with Gasteiger partial charge in [0.2, 0.25) is 0 Å². The molecule has 3 heterocycles. The highest BCUT2D eigenvalue weighted by Gasteiger charge is 2.33. The first-order valence-corrected chi connectivity index (χ1v) is 11.6. The van der Waals surface area contributed by atoms with E-state index in [2.05, 4.69) is 26.6 Å². The lowest BCUT2D eigenvalue weighted by Gasteiger charge is -2.10. The Morgan fingerprint density at radius 3 is 3.03 bits per heavy atom. The summed E-state index contributed by atoms with van der Waals surface area (Å²) in [5.41, 5.74) is 2.89. The van der Waals surface area contributed by atoms with Crippen molar-refractivity contribution in [2.45, 2.75) is 34.5 Å². The van der Waals surface area contributed by atoms with Crippen LogP contribution in [0.25, 0.3) is 21.1 Å². The molecule has 4 aromatic rings. The highest BCUT2D eigenvalue weighted by Crippen LogP contribution is 2.49. The van der Waals surface area contributed by atoms with Gasteiger partial charge >= 0.3 is 5.97 Å². The van der Waals surface area contributed by atoms with Gasteiger partial charge in [0, 0.05) is 32.9 Å². The Kier molecular flexibility index (Phi) is 4.88. The molecule has 0 saturated carbocycles. The molecular formula is C21H16BrFN2O2S2. The molecule has 1 atom stereocenters. The number of hydrogen-bond donors (Lipinski definition) is 0. The maximum absolute atomic E-state index is 14.2. The molecule has 148 valence electrons. The second kappa shape index (κ2) is 7.41. The molecule has 0 radical (unpaired) electrons. The number of carbonyl (C=O) groups is 1. The zero-order valence-electron chi connectivity index (χ0n) is 15.4. The Balaban J connectivity index is 1.68. The van der Waals surface area contributed by atoms with Gasteiger partial charge in [-0.05, 0) is 46.6 Å². The summed E-state index contributed by atoms with van der Waals surface area (Å²) in [4.78, 5) is 17.8. The number of benzene rings is 2. The van der Waals surface area contributed by atoms with E-state index in [4.69, 9.17) is 9.72 Å². The van der Waals surface area contributed by atoms with Gasteiger partial charge in [-0.1, -0.05) is 23.9 Å². The number of ether oxygens (including phenoxy) is 1. The van der Waals surface area contributed by atoms with Gasteiger partial charge in [0.25, 0.3) is 0 Å². The Labute approximate surface area is 183 Å². The number of nitrogens with zero attached hydrogens (tertiary/aromatic N) is 2. The third-order valence-electron chi connectivity index (χ3n) is 5.27. The molecule has 1 unspecified atom stereocenters. The van der Waals surface area contributed by atoms with Crippen LogP contribution in [0.2, 0.25) is 0 Å². The van der Waals surface area contributed by atoms with Crippen LogP contribution < -0.4 is 0 Å². The number of rotatable bonds is 4. The largest absolute Gasteiger partial charge is 0.469 e. The summed E-state index contributed by atoms with van der Waals surface area (Å²) in [5.74, 6) is -0.464. The van der Waals surface area contributed by atoms with Crippen molar-refractivity contribution >= 4 is 66.1 Å². The third-order valence-corrected chi connectivity index (χ3v) is 8.11. The lowest BCUT2D eigenvalue weighted by molar-refractivity contribution is -0.141. The first-order valence-electron chi connectivity index (χ1n) is 9.16. The zero-order chi connectivity index (χ0) is 20.1. The van der Waals surface area contributed by atoms with Gasteiger partial charge in [-0.15, -0.1) is 11.3 Å². The number of carbonyl (C=O) groups excluding carboxylic acids is 1. The molecule has 5 rings (SSSR count). The molecule has 8 heteroatoms. The summed E-state index contributed by atoms with van der Waals surface area (Å²) in [6, 6.07) is 11.1. The van der Waals surface area contributed by atoms with E-state index in [1.54, 1.807) is 29.2 Å². The van der Waals surface area contributed by atoms with Crippen LogP contribution in [-0.2, 0) is 16.1 Å². The van der Waals surface area contributed by atoms with Gasteiger partial charge in [0.15, 0.2) is 4.34 Å². The molecule has 2 aromatic carbocycles. The van der Waals surface area contributed by atoms with Crippen LogP contribution in [0.1, 0.15) is 24.5 Å². The Morgan fingerprint density at radius 1 is 1.41 bits per heavy atom. The predicted molar refractivity (Wildman–Crippen MR) is 117 cm³/mol. The second-order valence-corrected chi connectivity index (χ2v) is 10.1. The lowest BCUT2D eigenvalue weighted by atomic mass is 10.00. The number of methoxy groups -OCH3 is 1. The minimum atomic E-state index is -0.280. The Hall–Kier alpha value is -1.90. The van der Waals surface area contributed by atoms with Gasteiger partial charge in [0.05, 0.1) is 29.3 Å². The maximum atomic E-state index is 14.2. The Bertz CT molecular complexity index is 1230. The summed E-state index contributed by atoms with van der Waals surface area (Å²) in [6.07, 6.45) is 1.15. The number of aryl methyl sites for hydroxylation is 1. The van der Waals surface area contributed by atoms with E-state index in [-0.39, 0.29) is 17.7 Å². The number of fused-ring (bicyclic) bond motifs is 4. The van der Waals surface area contributed by atoms with Crippen LogP contribution in [0, 0.1) is 5.82 Å². The van der Waals surface area contributed by atoms with Crippen molar-refractivity contribution in [3.8, 4) is 0 Å². The van der Waals surface area contributed by atoms with Crippen molar-refractivity contribution in [3.63, 3.8) is 0 Å². The highest BCUT2D eigenvalue weighted by atomic mass is 79.9. The molecule has 0 amide bonds. The molecule has 0 fully saturated rings. The zero-order valence-corrected chi connectivity index (χ0v) is 18.7. The smallest absolute Gasteiger partial charge is 0.306 e.